The van der Waals surface area contributed by atoms with Crippen molar-refractivity contribution in [3.63, 3.8) is 0 Å². The minimum atomic E-state index is -0.761. The number of carbonyl (C=O) groups excluding carboxylic acids is 1. The quantitative estimate of drug-likeness (QED) is 0.735. The van der Waals surface area contributed by atoms with Crippen molar-refractivity contribution in [2.24, 2.45) is 0 Å². The third kappa shape index (κ3) is 3.26. The Kier molecular flexibility index (Phi) is 5.54. The second-order valence-corrected chi connectivity index (χ2v) is 5.99. The van der Waals surface area contributed by atoms with Crippen LogP contribution in [-0.4, -0.2) is 17.1 Å². The fourth-order valence-electron chi connectivity index (χ4n) is 2.47. The van der Waals surface area contributed by atoms with Crippen LogP contribution in [0.15, 0.2) is 27.5 Å². The van der Waals surface area contributed by atoms with Gasteiger partial charge in [-0.3, -0.25) is 4.79 Å². The Morgan fingerprint density at radius 1 is 1.21 bits per heavy atom. The second-order valence-electron chi connectivity index (χ2n) is 5.20. The molecule has 4 nitrogen and oxygen atoms in total. The molecule has 24 heavy (non-hydrogen) atoms. The predicted molar refractivity (Wildman–Crippen MR) is 89.3 cm³/mol. The molecule has 0 N–H and O–H groups in total. The Labute approximate surface area is 146 Å². The van der Waals surface area contributed by atoms with Gasteiger partial charge >= 0.3 is 5.97 Å². The standard InChI is InChI=1S/C17H16BrF2NO3/c1-4-24-17(23)14-9(2)21(10(3)15(18)16(14)22)8-11-12(19)6-5-7-13(11)20/h5-7H,4,8H2,1-3H3. The van der Waals surface area contributed by atoms with Crippen molar-refractivity contribution in [3.05, 3.63) is 67.0 Å². The first-order valence-electron chi connectivity index (χ1n) is 7.29. The number of carbonyl (C=O) groups is 1. The van der Waals surface area contributed by atoms with Crippen LogP contribution in [0.2, 0.25) is 0 Å². The van der Waals surface area contributed by atoms with E-state index in [-0.39, 0.29) is 28.8 Å². The third-order valence-corrected chi connectivity index (χ3v) is 4.71. The van der Waals surface area contributed by atoms with Crippen LogP contribution in [0, 0.1) is 25.5 Å². The van der Waals surface area contributed by atoms with Crippen molar-refractivity contribution in [1.29, 1.82) is 0 Å². The lowest BCUT2D eigenvalue weighted by molar-refractivity contribution is 0.0522. The highest BCUT2D eigenvalue weighted by molar-refractivity contribution is 9.10. The van der Waals surface area contributed by atoms with Crippen molar-refractivity contribution >= 4 is 21.9 Å². The van der Waals surface area contributed by atoms with Crippen molar-refractivity contribution in [2.75, 3.05) is 6.61 Å². The summed E-state index contributed by atoms with van der Waals surface area (Å²) in [6, 6.07) is 3.60. The molecule has 0 aliphatic rings. The number of ether oxygens (including phenoxy) is 1. The molecule has 7 heteroatoms. The van der Waals surface area contributed by atoms with Crippen LogP contribution in [0.5, 0.6) is 0 Å². The maximum Gasteiger partial charge on any atom is 0.343 e. The van der Waals surface area contributed by atoms with Crippen molar-refractivity contribution < 1.29 is 18.3 Å². The molecule has 1 aromatic carbocycles. The summed E-state index contributed by atoms with van der Waals surface area (Å²) in [5.41, 5.74) is -0.0381. The monoisotopic (exact) mass is 399 g/mol. The summed E-state index contributed by atoms with van der Waals surface area (Å²) in [5, 5.41) is 0. The molecule has 0 atom stereocenters. The molecule has 1 heterocycles. The number of hydrogen-bond donors (Lipinski definition) is 0. The van der Waals surface area contributed by atoms with Crippen LogP contribution >= 0.6 is 15.9 Å². The molecule has 0 aliphatic carbocycles. The van der Waals surface area contributed by atoms with Crippen LogP contribution < -0.4 is 5.43 Å². The number of aromatic nitrogens is 1. The smallest absolute Gasteiger partial charge is 0.343 e. The molecule has 0 saturated carbocycles. The lowest BCUT2D eigenvalue weighted by Gasteiger charge is -2.19. The van der Waals surface area contributed by atoms with Crippen LogP contribution in [0.4, 0.5) is 8.78 Å². The normalized spacial score (nSPS) is 10.8. The van der Waals surface area contributed by atoms with Crippen molar-refractivity contribution in [2.45, 2.75) is 27.3 Å². The van der Waals surface area contributed by atoms with Crippen LogP contribution in [0.1, 0.15) is 34.2 Å². The number of halogens is 3. The zero-order chi connectivity index (χ0) is 18.0. The summed E-state index contributed by atoms with van der Waals surface area (Å²) in [5.74, 6) is -2.15. The molecule has 0 aliphatic heterocycles. The van der Waals surface area contributed by atoms with E-state index >= 15 is 0 Å². The highest BCUT2D eigenvalue weighted by Gasteiger charge is 2.23. The molecule has 0 radical (unpaired) electrons. The average Bonchev–Trinajstić information content (AvgIpc) is 2.52. The summed E-state index contributed by atoms with van der Waals surface area (Å²) < 4.78 is 34.5. The molecule has 2 aromatic rings. The fourth-order valence-corrected chi connectivity index (χ4v) is 2.88. The van der Waals surface area contributed by atoms with E-state index in [9.17, 15) is 18.4 Å². The van der Waals surface area contributed by atoms with Gasteiger partial charge in [0.05, 0.1) is 17.6 Å². The Morgan fingerprint density at radius 2 is 1.79 bits per heavy atom. The number of pyridine rings is 1. The van der Waals surface area contributed by atoms with Gasteiger partial charge in [-0.15, -0.1) is 0 Å². The van der Waals surface area contributed by atoms with E-state index in [1.54, 1.807) is 20.8 Å². The molecular weight excluding hydrogens is 384 g/mol. The van der Waals surface area contributed by atoms with Gasteiger partial charge in [-0.05, 0) is 48.8 Å². The molecule has 0 fully saturated rings. The van der Waals surface area contributed by atoms with Crippen molar-refractivity contribution in [3.8, 4) is 0 Å². The first-order chi connectivity index (χ1) is 11.3. The van der Waals surface area contributed by atoms with E-state index in [1.807, 2.05) is 0 Å². The molecule has 1 aromatic heterocycles. The minimum Gasteiger partial charge on any atom is -0.462 e. The summed E-state index contributed by atoms with van der Waals surface area (Å²) in [4.78, 5) is 24.4. The Bertz CT molecular complexity index is 842. The number of hydrogen-bond acceptors (Lipinski definition) is 3. The van der Waals surface area contributed by atoms with Gasteiger partial charge in [-0.1, -0.05) is 6.07 Å². The van der Waals surface area contributed by atoms with Crippen LogP contribution in [0.25, 0.3) is 0 Å². The van der Waals surface area contributed by atoms with Gasteiger partial charge in [0, 0.05) is 17.0 Å². The highest BCUT2D eigenvalue weighted by atomic mass is 79.9. The molecule has 0 unspecified atom stereocenters. The number of nitrogens with zero attached hydrogens (tertiary/aromatic N) is 1. The second kappa shape index (κ2) is 7.25. The topological polar surface area (TPSA) is 48.3 Å². The zero-order valence-corrected chi connectivity index (χ0v) is 15.0. The highest BCUT2D eigenvalue weighted by Crippen LogP contribution is 2.21. The van der Waals surface area contributed by atoms with Gasteiger partial charge in [0.15, 0.2) is 0 Å². The predicted octanol–water partition coefficient (Wildman–Crippen LogP) is 3.73. The zero-order valence-electron chi connectivity index (χ0n) is 13.5. The number of esters is 1. The van der Waals surface area contributed by atoms with Crippen LogP contribution in [-0.2, 0) is 11.3 Å². The third-order valence-electron chi connectivity index (χ3n) is 3.77. The van der Waals surface area contributed by atoms with E-state index < -0.39 is 23.0 Å². The maximum atomic E-state index is 13.9. The first kappa shape index (κ1) is 18.3. The van der Waals surface area contributed by atoms with Crippen molar-refractivity contribution in [1.82, 2.24) is 4.57 Å². The average molecular weight is 400 g/mol. The lowest BCUT2D eigenvalue weighted by Crippen LogP contribution is -2.26. The summed E-state index contributed by atoms with van der Waals surface area (Å²) in [7, 11) is 0. The first-order valence-corrected chi connectivity index (χ1v) is 8.08. The van der Waals surface area contributed by atoms with E-state index in [2.05, 4.69) is 15.9 Å². The largest absolute Gasteiger partial charge is 0.462 e. The van der Waals surface area contributed by atoms with E-state index in [4.69, 9.17) is 4.74 Å². The molecule has 0 amide bonds. The van der Waals surface area contributed by atoms with Gasteiger partial charge in [0.1, 0.15) is 17.2 Å². The Morgan fingerprint density at radius 3 is 2.33 bits per heavy atom. The number of rotatable bonds is 4. The van der Waals surface area contributed by atoms with Gasteiger partial charge in [0.25, 0.3) is 0 Å². The van der Waals surface area contributed by atoms with Crippen LogP contribution in [0.3, 0.4) is 0 Å². The summed E-state index contributed by atoms with van der Waals surface area (Å²) in [6.45, 7) is 4.77. The lowest BCUT2D eigenvalue weighted by atomic mass is 10.1. The molecule has 0 saturated heterocycles. The van der Waals surface area contributed by atoms with E-state index in [0.29, 0.717) is 11.4 Å². The van der Waals surface area contributed by atoms with Gasteiger partial charge in [-0.25, -0.2) is 13.6 Å². The van der Waals surface area contributed by atoms with E-state index in [0.717, 1.165) is 12.1 Å². The molecule has 0 bridgehead atoms. The minimum absolute atomic E-state index is 0.116. The van der Waals surface area contributed by atoms with Gasteiger partial charge in [-0.2, -0.15) is 0 Å². The molecular formula is C17H16BrF2NO3. The van der Waals surface area contributed by atoms with Gasteiger partial charge in [0.2, 0.25) is 5.43 Å². The van der Waals surface area contributed by atoms with E-state index in [1.165, 1.54) is 10.6 Å². The maximum absolute atomic E-state index is 13.9. The Balaban J connectivity index is 2.67. The SMILES string of the molecule is CCOC(=O)c1c(C)n(Cc2c(F)cccc2F)c(C)c(Br)c1=O. The Hall–Kier alpha value is -2.02. The fraction of sp³-hybridized carbons (Fsp3) is 0.294. The van der Waals surface area contributed by atoms with Gasteiger partial charge < -0.3 is 9.30 Å². The number of benzene rings is 1. The molecule has 0 spiro atoms. The summed E-state index contributed by atoms with van der Waals surface area (Å²) in [6.07, 6.45) is 0. The molecule has 128 valence electrons. The molecule has 2 rings (SSSR count). The summed E-state index contributed by atoms with van der Waals surface area (Å²) >= 11 is 3.16.